The second kappa shape index (κ2) is 7.11. The average molecular weight is 375 g/mol. The Kier molecular flexibility index (Phi) is 5.46. The van der Waals surface area contributed by atoms with E-state index in [1.807, 2.05) is 30.5 Å². The summed E-state index contributed by atoms with van der Waals surface area (Å²) in [6.07, 6.45) is 0. The Labute approximate surface area is 135 Å². The molecule has 0 aliphatic heterocycles. The molecule has 0 bridgehead atoms. The van der Waals surface area contributed by atoms with E-state index < -0.39 is 0 Å². The summed E-state index contributed by atoms with van der Waals surface area (Å²) in [7, 11) is 0. The van der Waals surface area contributed by atoms with Crippen molar-refractivity contribution < 1.29 is 9.53 Å². The molecule has 0 aliphatic rings. The average Bonchev–Trinajstić information content (AvgIpc) is 2.87. The Morgan fingerprint density at radius 3 is 2.85 bits per heavy atom. The second-order valence-corrected chi connectivity index (χ2v) is 5.98. The molecular formula is C14H13BrClNO2S. The van der Waals surface area contributed by atoms with E-state index in [0.717, 1.165) is 15.8 Å². The molecule has 0 unspecified atom stereocenters. The maximum Gasteiger partial charge on any atom is 0.266 e. The summed E-state index contributed by atoms with van der Waals surface area (Å²) < 4.78 is 6.27. The molecule has 1 aromatic heterocycles. The molecule has 20 heavy (non-hydrogen) atoms. The van der Waals surface area contributed by atoms with Crippen molar-refractivity contribution in [3.63, 3.8) is 0 Å². The van der Waals surface area contributed by atoms with E-state index in [-0.39, 0.29) is 5.91 Å². The van der Waals surface area contributed by atoms with Crippen LogP contribution in [0.4, 0.5) is 5.69 Å². The number of ether oxygens (including phenoxy) is 1. The number of thiophene rings is 1. The van der Waals surface area contributed by atoms with Crippen molar-refractivity contribution in [3.05, 3.63) is 44.6 Å². The van der Waals surface area contributed by atoms with Crippen LogP contribution < -0.4 is 10.1 Å². The van der Waals surface area contributed by atoms with Gasteiger partial charge in [0, 0.05) is 15.7 Å². The van der Waals surface area contributed by atoms with Crippen LogP contribution in [0.25, 0.3) is 0 Å². The van der Waals surface area contributed by atoms with Crippen LogP contribution in [0, 0.1) is 0 Å². The van der Waals surface area contributed by atoms with Crippen molar-refractivity contribution in [1.82, 2.24) is 0 Å². The maximum atomic E-state index is 12.1. The molecule has 0 saturated heterocycles. The Bertz CT molecular complexity index is 615. The Balaban J connectivity index is 2.18. The monoisotopic (exact) mass is 373 g/mol. The van der Waals surface area contributed by atoms with Crippen molar-refractivity contribution in [2.24, 2.45) is 0 Å². The normalized spacial score (nSPS) is 10.3. The SMILES string of the molecule is CCOc1ccc(NC(=O)c2sccc2Br)cc1CCl. The van der Waals surface area contributed by atoms with Crippen LogP contribution in [-0.2, 0) is 5.88 Å². The number of hydrogen-bond acceptors (Lipinski definition) is 3. The minimum absolute atomic E-state index is 0.142. The van der Waals surface area contributed by atoms with Crippen molar-refractivity contribution in [3.8, 4) is 5.75 Å². The molecule has 0 aliphatic carbocycles. The van der Waals surface area contributed by atoms with Crippen LogP contribution in [0.1, 0.15) is 22.2 Å². The van der Waals surface area contributed by atoms with E-state index >= 15 is 0 Å². The van der Waals surface area contributed by atoms with Gasteiger partial charge < -0.3 is 10.1 Å². The highest BCUT2D eigenvalue weighted by Gasteiger charge is 2.12. The smallest absolute Gasteiger partial charge is 0.266 e. The molecule has 6 heteroatoms. The Hall–Kier alpha value is -1.04. The predicted octanol–water partition coefficient (Wildman–Crippen LogP) is 4.90. The molecule has 2 rings (SSSR count). The molecule has 1 heterocycles. The molecule has 0 atom stereocenters. The summed E-state index contributed by atoms with van der Waals surface area (Å²) in [5.41, 5.74) is 1.56. The largest absolute Gasteiger partial charge is 0.494 e. The predicted molar refractivity (Wildman–Crippen MR) is 87.1 cm³/mol. The fraction of sp³-hybridized carbons (Fsp3) is 0.214. The molecule has 1 aromatic carbocycles. The zero-order chi connectivity index (χ0) is 14.5. The Morgan fingerprint density at radius 1 is 1.45 bits per heavy atom. The van der Waals surface area contributed by atoms with E-state index in [4.69, 9.17) is 16.3 Å². The zero-order valence-corrected chi connectivity index (χ0v) is 13.9. The summed E-state index contributed by atoms with van der Waals surface area (Å²) in [5.74, 6) is 0.941. The molecule has 0 radical (unpaired) electrons. The first kappa shape index (κ1) is 15.4. The lowest BCUT2D eigenvalue weighted by Crippen LogP contribution is -2.11. The number of anilines is 1. The van der Waals surface area contributed by atoms with Crippen LogP contribution in [0.3, 0.4) is 0 Å². The summed E-state index contributed by atoms with van der Waals surface area (Å²) >= 11 is 10.6. The number of carbonyl (C=O) groups excluding carboxylic acids is 1. The van der Waals surface area contributed by atoms with Gasteiger partial charge in [0.15, 0.2) is 0 Å². The lowest BCUT2D eigenvalue weighted by Gasteiger charge is -2.11. The van der Waals surface area contributed by atoms with Gasteiger partial charge in [-0.25, -0.2) is 0 Å². The molecule has 2 aromatic rings. The van der Waals surface area contributed by atoms with Gasteiger partial charge in [-0.05, 0) is 52.5 Å². The van der Waals surface area contributed by atoms with Gasteiger partial charge in [0.1, 0.15) is 10.6 Å². The van der Waals surface area contributed by atoms with Crippen molar-refractivity contribution in [2.45, 2.75) is 12.8 Å². The summed E-state index contributed by atoms with van der Waals surface area (Å²) in [6.45, 7) is 2.50. The molecular weight excluding hydrogens is 362 g/mol. The quantitative estimate of drug-likeness (QED) is 0.756. The molecule has 1 N–H and O–H groups in total. The zero-order valence-electron chi connectivity index (χ0n) is 10.8. The minimum Gasteiger partial charge on any atom is -0.494 e. The third kappa shape index (κ3) is 3.53. The van der Waals surface area contributed by atoms with Gasteiger partial charge in [0.25, 0.3) is 5.91 Å². The summed E-state index contributed by atoms with van der Waals surface area (Å²) in [4.78, 5) is 12.8. The Morgan fingerprint density at radius 2 is 2.25 bits per heavy atom. The summed E-state index contributed by atoms with van der Waals surface area (Å²) in [6, 6.07) is 7.31. The second-order valence-electron chi connectivity index (χ2n) is 3.94. The van der Waals surface area contributed by atoms with E-state index in [2.05, 4.69) is 21.2 Å². The van der Waals surface area contributed by atoms with Crippen molar-refractivity contribution >= 4 is 50.5 Å². The van der Waals surface area contributed by atoms with Gasteiger partial charge in [0.2, 0.25) is 0 Å². The third-order valence-corrected chi connectivity index (χ3v) is 4.71. The van der Waals surface area contributed by atoms with Gasteiger partial charge >= 0.3 is 0 Å². The number of alkyl halides is 1. The first-order chi connectivity index (χ1) is 9.65. The van der Waals surface area contributed by atoms with Crippen molar-refractivity contribution in [2.75, 3.05) is 11.9 Å². The number of nitrogens with one attached hydrogen (secondary N) is 1. The lowest BCUT2D eigenvalue weighted by atomic mass is 10.2. The van der Waals surface area contributed by atoms with Crippen LogP contribution >= 0.6 is 38.9 Å². The topological polar surface area (TPSA) is 38.3 Å². The first-order valence-corrected chi connectivity index (χ1v) is 8.22. The van der Waals surface area contributed by atoms with Crippen LogP contribution in [0.2, 0.25) is 0 Å². The van der Waals surface area contributed by atoms with Gasteiger partial charge in [0.05, 0.1) is 12.5 Å². The number of amides is 1. The highest BCUT2D eigenvalue weighted by Crippen LogP contribution is 2.27. The fourth-order valence-corrected chi connectivity index (χ4v) is 3.36. The molecule has 0 spiro atoms. The number of carbonyl (C=O) groups is 1. The van der Waals surface area contributed by atoms with Crippen LogP contribution in [0.15, 0.2) is 34.1 Å². The highest BCUT2D eigenvalue weighted by atomic mass is 79.9. The summed E-state index contributed by atoms with van der Waals surface area (Å²) in [5, 5.41) is 4.72. The fourth-order valence-electron chi connectivity index (χ4n) is 1.70. The van der Waals surface area contributed by atoms with Crippen LogP contribution in [-0.4, -0.2) is 12.5 Å². The lowest BCUT2D eigenvalue weighted by molar-refractivity contribution is 0.103. The number of hydrogen-bond donors (Lipinski definition) is 1. The molecule has 0 fully saturated rings. The molecule has 106 valence electrons. The van der Waals surface area contributed by atoms with Crippen molar-refractivity contribution in [1.29, 1.82) is 0 Å². The molecule has 1 amide bonds. The first-order valence-electron chi connectivity index (χ1n) is 6.01. The van der Waals surface area contributed by atoms with Gasteiger partial charge in [-0.1, -0.05) is 0 Å². The van der Waals surface area contributed by atoms with E-state index in [9.17, 15) is 4.79 Å². The highest BCUT2D eigenvalue weighted by molar-refractivity contribution is 9.10. The van der Waals surface area contributed by atoms with Gasteiger partial charge in [-0.15, -0.1) is 22.9 Å². The third-order valence-electron chi connectivity index (χ3n) is 2.59. The van der Waals surface area contributed by atoms with Gasteiger partial charge in [-0.3, -0.25) is 4.79 Å². The number of halogens is 2. The minimum atomic E-state index is -0.142. The number of benzene rings is 1. The number of rotatable bonds is 5. The molecule has 0 saturated carbocycles. The van der Waals surface area contributed by atoms with Crippen LogP contribution in [0.5, 0.6) is 5.75 Å². The maximum absolute atomic E-state index is 12.1. The van der Waals surface area contributed by atoms with E-state index in [0.29, 0.717) is 23.1 Å². The molecule has 3 nitrogen and oxygen atoms in total. The standard InChI is InChI=1S/C14H13BrClNO2S/c1-2-19-12-4-3-10(7-9(12)8-16)17-14(18)13-11(15)5-6-20-13/h3-7H,2,8H2,1H3,(H,17,18). The van der Waals surface area contributed by atoms with Gasteiger partial charge in [-0.2, -0.15) is 0 Å². The van der Waals surface area contributed by atoms with E-state index in [1.165, 1.54) is 11.3 Å². The van der Waals surface area contributed by atoms with E-state index in [1.54, 1.807) is 6.07 Å².